The lowest BCUT2D eigenvalue weighted by molar-refractivity contribution is -0.127. The quantitative estimate of drug-likeness (QED) is 0.609. The Morgan fingerprint density at radius 2 is 1.62 bits per heavy atom. The first-order valence-corrected chi connectivity index (χ1v) is 5.01. The van der Waals surface area contributed by atoms with E-state index < -0.39 is 0 Å². The van der Waals surface area contributed by atoms with Crippen LogP contribution in [0.5, 0.6) is 0 Å². The van der Waals surface area contributed by atoms with E-state index >= 15 is 0 Å². The highest BCUT2D eigenvalue weighted by molar-refractivity contribution is 5.87. The SMILES string of the molecule is CC(C)C=CC(C)(C)C(=O)C(C)C. The van der Waals surface area contributed by atoms with Gasteiger partial charge in [-0.3, -0.25) is 4.79 Å². The molecule has 76 valence electrons. The van der Waals surface area contributed by atoms with Crippen molar-refractivity contribution < 1.29 is 4.79 Å². The van der Waals surface area contributed by atoms with Crippen LogP contribution in [0.4, 0.5) is 0 Å². The largest absolute Gasteiger partial charge is 0.298 e. The zero-order chi connectivity index (χ0) is 10.6. The normalized spacial score (nSPS) is 13.2. The Balaban J connectivity index is 4.48. The number of hydrogen-bond acceptors (Lipinski definition) is 1. The van der Waals surface area contributed by atoms with E-state index in [4.69, 9.17) is 0 Å². The van der Waals surface area contributed by atoms with Crippen LogP contribution >= 0.6 is 0 Å². The van der Waals surface area contributed by atoms with Crippen LogP contribution in [0, 0.1) is 17.3 Å². The molecule has 0 aromatic rings. The van der Waals surface area contributed by atoms with E-state index in [0.29, 0.717) is 11.7 Å². The van der Waals surface area contributed by atoms with Crippen molar-refractivity contribution in [3.63, 3.8) is 0 Å². The van der Waals surface area contributed by atoms with Gasteiger partial charge in [-0.15, -0.1) is 0 Å². The van der Waals surface area contributed by atoms with Gasteiger partial charge in [-0.2, -0.15) is 0 Å². The molecule has 13 heavy (non-hydrogen) atoms. The van der Waals surface area contributed by atoms with Crippen LogP contribution in [-0.4, -0.2) is 5.78 Å². The molecule has 0 aliphatic heterocycles. The minimum Gasteiger partial charge on any atom is -0.298 e. The van der Waals surface area contributed by atoms with Crippen LogP contribution in [0.25, 0.3) is 0 Å². The van der Waals surface area contributed by atoms with E-state index in [0.717, 1.165) is 0 Å². The predicted molar refractivity (Wildman–Crippen MR) is 57.6 cm³/mol. The number of rotatable bonds is 4. The van der Waals surface area contributed by atoms with Gasteiger partial charge < -0.3 is 0 Å². The molecule has 0 saturated carbocycles. The lowest BCUT2D eigenvalue weighted by Gasteiger charge is -2.21. The van der Waals surface area contributed by atoms with Gasteiger partial charge in [0.25, 0.3) is 0 Å². The number of allylic oxidation sites excluding steroid dienone is 2. The second kappa shape index (κ2) is 4.59. The van der Waals surface area contributed by atoms with Gasteiger partial charge in [-0.1, -0.05) is 39.8 Å². The maximum Gasteiger partial charge on any atom is 0.144 e. The van der Waals surface area contributed by atoms with Gasteiger partial charge in [-0.05, 0) is 19.8 Å². The van der Waals surface area contributed by atoms with E-state index in [1.807, 2.05) is 33.8 Å². The highest BCUT2D eigenvalue weighted by Crippen LogP contribution is 2.23. The molecule has 0 rings (SSSR count). The van der Waals surface area contributed by atoms with Gasteiger partial charge >= 0.3 is 0 Å². The van der Waals surface area contributed by atoms with Crippen molar-refractivity contribution >= 4 is 5.78 Å². The fraction of sp³-hybridized carbons (Fsp3) is 0.750. The third kappa shape index (κ3) is 4.25. The molecule has 0 saturated heterocycles. The second-order valence-electron chi connectivity index (χ2n) is 4.84. The first-order chi connectivity index (χ1) is 5.77. The van der Waals surface area contributed by atoms with E-state index in [9.17, 15) is 4.79 Å². The standard InChI is InChI=1S/C12H22O/c1-9(2)7-8-12(5,6)11(13)10(3)4/h7-10H,1-6H3. The average Bonchev–Trinajstić information content (AvgIpc) is 1.99. The molecule has 0 bridgehead atoms. The van der Waals surface area contributed by atoms with Crippen LogP contribution in [-0.2, 0) is 4.79 Å². The Morgan fingerprint density at radius 3 is 1.92 bits per heavy atom. The van der Waals surface area contributed by atoms with E-state index in [1.165, 1.54) is 0 Å². The summed E-state index contributed by atoms with van der Waals surface area (Å²) in [7, 11) is 0. The van der Waals surface area contributed by atoms with Crippen LogP contribution in [0.3, 0.4) is 0 Å². The van der Waals surface area contributed by atoms with Crippen LogP contribution in [0.2, 0.25) is 0 Å². The molecule has 0 amide bonds. The summed E-state index contributed by atoms with van der Waals surface area (Å²) in [5.41, 5.74) is -0.307. The maximum absolute atomic E-state index is 11.7. The zero-order valence-electron chi connectivity index (χ0n) is 9.72. The van der Waals surface area contributed by atoms with Gasteiger partial charge in [-0.25, -0.2) is 0 Å². The van der Waals surface area contributed by atoms with Crippen LogP contribution < -0.4 is 0 Å². The number of hydrogen-bond donors (Lipinski definition) is 0. The van der Waals surface area contributed by atoms with Crippen LogP contribution in [0.1, 0.15) is 41.5 Å². The van der Waals surface area contributed by atoms with Crippen molar-refractivity contribution in [3.05, 3.63) is 12.2 Å². The topological polar surface area (TPSA) is 17.1 Å². The zero-order valence-corrected chi connectivity index (χ0v) is 9.72. The average molecular weight is 182 g/mol. The summed E-state index contributed by atoms with van der Waals surface area (Å²) in [6, 6.07) is 0. The fourth-order valence-electron chi connectivity index (χ4n) is 1.26. The molecule has 0 atom stereocenters. The number of carbonyl (C=O) groups is 1. The molecule has 0 aromatic carbocycles. The van der Waals surface area contributed by atoms with E-state index in [-0.39, 0.29) is 11.3 Å². The molecule has 0 heterocycles. The molecular formula is C12H22O. The van der Waals surface area contributed by atoms with Gasteiger partial charge in [0, 0.05) is 11.3 Å². The summed E-state index contributed by atoms with van der Waals surface area (Å²) < 4.78 is 0. The van der Waals surface area contributed by atoms with E-state index in [2.05, 4.69) is 19.9 Å². The molecule has 0 aromatic heterocycles. The first kappa shape index (κ1) is 12.4. The number of Topliss-reactive ketones (excluding diaryl/α,β-unsaturated/α-hetero) is 1. The molecule has 0 radical (unpaired) electrons. The van der Waals surface area contributed by atoms with Crippen molar-refractivity contribution in [2.75, 3.05) is 0 Å². The van der Waals surface area contributed by atoms with Crippen molar-refractivity contribution in [1.82, 2.24) is 0 Å². The first-order valence-electron chi connectivity index (χ1n) is 5.01. The van der Waals surface area contributed by atoms with Crippen molar-refractivity contribution in [3.8, 4) is 0 Å². The predicted octanol–water partition coefficient (Wildman–Crippen LogP) is 3.45. The third-order valence-electron chi connectivity index (χ3n) is 2.06. The molecule has 0 N–H and O–H groups in total. The Bertz CT molecular complexity index is 197. The lowest BCUT2D eigenvalue weighted by atomic mass is 9.81. The lowest BCUT2D eigenvalue weighted by Crippen LogP contribution is -2.26. The fourth-order valence-corrected chi connectivity index (χ4v) is 1.26. The second-order valence-corrected chi connectivity index (χ2v) is 4.84. The highest BCUT2D eigenvalue weighted by Gasteiger charge is 2.26. The number of carbonyl (C=O) groups excluding carboxylic acids is 1. The minimum absolute atomic E-state index is 0.117. The molecule has 0 aliphatic carbocycles. The summed E-state index contributed by atoms with van der Waals surface area (Å²) in [5.74, 6) is 0.940. The Hall–Kier alpha value is -0.590. The molecule has 1 nitrogen and oxygen atoms in total. The molecule has 0 spiro atoms. The third-order valence-corrected chi connectivity index (χ3v) is 2.06. The summed E-state index contributed by atoms with van der Waals surface area (Å²) in [5, 5.41) is 0. The van der Waals surface area contributed by atoms with Crippen molar-refractivity contribution in [1.29, 1.82) is 0 Å². The van der Waals surface area contributed by atoms with Crippen molar-refractivity contribution in [2.24, 2.45) is 17.3 Å². The summed E-state index contributed by atoms with van der Waals surface area (Å²) >= 11 is 0. The molecule has 1 heteroatoms. The Morgan fingerprint density at radius 1 is 1.15 bits per heavy atom. The smallest absolute Gasteiger partial charge is 0.144 e. The molecule has 0 aliphatic rings. The monoisotopic (exact) mass is 182 g/mol. The highest BCUT2D eigenvalue weighted by atomic mass is 16.1. The summed E-state index contributed by atoms with van der Waals surface area (Å²) in [4.78, 5) is 11.7. The summed E-state index contributed by atoms with van der Waals surface area (Å²) in [6.07, 6.45) is 4.13. The Labute approximate surface area is 82.2 Å². The van der Waals surface area contributed by atoms with Gasteiger partial charge in [0.05, 0.1) is 0 Å². The van der Waals surface area contributed by atoms with Gasteiger partial charge in [0.2, 0.25) is 0 Å². The van der Waals surface area contributed by atoms with Gasteiger partial charge in [0.1, 0.15) is 5.78 Å². The van der Waals surface area contributed by atoms with Crippen molar-refractivity contribution in [2.45, 2.75) is 41.5 Å². The minimum atomic E-state index is -0.307. The van der Waals surface area contributed by atoms with E-state index in [1.54, 1.807) is 0 Å². The number of ketones is 1. The van der Waals surface area contributed by atoms with Crippen LogP contribution in [0.15, 0.2) is 12.2 Å². The molecule has 0 unspecified atom stereocenters. The molecular weight excluding hydrogens is 160 g/mol. The molecule has 0 fully saturated rings. The van der Waals surface area contributed by atoms with Gasteiger partial charge in [0.15, 0.2) is 0 Å². The maximum atomic E-state index is 11.7. The summed E-state index contributed by atoms with van der Waals surface area (Å²) in [6.45, 7) is 12.1. The Kier molecular flexibility index (Phi) is 4.38.